The molecular formula is C44H34N2O4. The molecule has 0 radical (unpaired) electrons. The first-order chi connectivity index (χ1) is 24.2. The molecule has 0 aromatic heterocycles. The van der Waals surface area contributed by atoms with E-state index in [2.05, 4.69) is 27.7 Å². The number of hydrogen-bond donors (Lipinski definition) is 0. The summed E-state index contributed by atoms with van der Waals surface area (Å²) in [6.07, 6.45) is 1.90. The summed E-state index contributed by atoms with van der Waals surface area (Å²) in [5, 5.41) is 6.43. The number of amides is 4. The van der Waals surface area contributed by atoms with Gasteiger partial charge in [-0.15, -0.1) is 0 Å². The van der Waals surface area contributed by atoms with Crippen molar-refractivity contribution in [3.63, 3.8) is 0 Å². The first-order valence-electron chi connectivity index (χ1n) is 17.4. The standard InChI is InChI=1S/C44H34N2O4/c1-5-23(3)25-9-7-11-27(21-25)45-41(47)33-17-13-29-31-15-19-35-40-36(44(50)46(43(35)49)28-12-8-10-26(22-28)24(4)6-2)20-16-32(38(31)40)30-14-18-34(42(45)48)39(33)37(29)30/h7-24H,5-6H2,1-4H3. The molecule has 6 nitrogen and oxygen atoms in total. The predicted molar refractivity (Wildman–Crippen MR) is 200 cm³/mol. The van der Waals surface area contributed by atoms with Crippen molar-refractivity contribution < 1.29 is 19.2 Å². The maximum atomic E-state index is 14.2. The number of hydrogen-bond acceptors (Lipinski definition) is 4. The average Bonchev–Trinajstić information content (AvgIpc) is 3.15. The van der Waals surface area contributed by atoms with E-state index in [4.69, 9.17) is 0 Å². The van der Waals surface area contributed by atoms with Gasteiger partial charge >= 0.3 is 0 Å². The Bertz CT molecular complexity index is 2350. The fraction of sp³-hybridized carbons (Fsp3) is 0.182. The van der Waals surface area contributed by atoms with Crippen molar-refractivity contribution in [2.75, 3.05) is 9.80 Å². The zero-order chi connectivity index (χ0) is 34.6. The van der Waals surface area contributed by atoms with Crippen molar-refractivity contribution in [1.82, 2.24) is 0 Å². The Morgan fingerprint density at radius 2 is 0.760 bits per heavy atom. The molecule has 0 spiro atoms. The molecule has 2 atom stereocenters. The molecule has 50 heavy (non-hydrogen) atoms. The summed E-state index contributed by atoms with van der Waals surface area (Å²) in [5.41, 5.74) is 5.20. The highest BCUT2D eigenvalue weighted by Crippen LogP contribution is 2.47. The maximum Gasteiger partial charge on any atom is 0.265 e. The number of anilines is 2. The second-order valence-electron chi connectivity index (χ2n) is 13.8. The summed E-state index contributed by atoms with van der Waals surface area (Å²) in [6.45, 7) is 8.51. The highest BCUT2D eigenvalue weighted by molar-refractivity contribution is 6.45. The van der Waals surface area contributed by atoms with Gasteiger partial charge in [-0.25, -0.2) is 9.80 Å². The lowest BCUT2D eigenvalue weighted by molar-refractivity contribution is 0.0877. The van der Waals surface area contributed by atoms with Crippen LogP contribution in [0.1, 0.15) is 105 Å². The van der Waals surface area contributed by atoms with Crippen LogP contribution in [0.5, 0.6) is 0 Å². The van der Waals surface area contributed by atoms with E-state index >= 15 is 0 Å². The lowest BCUT2D eigenvalue weighted by Gasteiger charge is -2.30. The molecule has 9 rings (SSSR count). The molecule has 6 heteroatoms. The van der Waals surface area contributed by atoms with Gasteiger partial charge in [0.05, 0.1) is 11.4 Å². The van der Waals surface area contributed by atoms with E-state index in [-0.39, 0.29) is 23.6 Å². The fourth-order valence-corrected chi connectivity index (χ4v) is 8.15. The van der Waals surface area contributed by atoms with Gasteiger partial charge in [0.15, 0.2) is 0 Å². The molecule has 0 aliphatic carbocycles. The maximum absolute atomic E-state index is 14.2. The SMILES string of the molecule is CCC(C)c1cccc(N2C(=O)c3ccc4c5ccc6c7c(ccc(c8ccc(c3c48)C2=O)c75)C(=O)N(c2cccc(C(C)CC)c2)C6=O)c1. The lowest BCUT2D eigenvalue weighted by Crippen LogP contribution is -2.40. The minimum atomic E-state index is -0.350. The van der Waals surface area contributed by atoms with Gasteiger partial charge in [-0.05, 0) is 117 Å². The normalized spacial score (nSPS) is 15.7. The van der Waals surface area contributed by atoms with Crippen molar-refractivity contribution in [2.24, 2.45) is 0 Å². The van der Waals surface area contributed by atoms with Gasteiger partial charge < -0.3 is 0 Å². The van der Waals surface area contributed by atoms with Gasteiger partial charge in [0.2, 0.25) is 0 Å². The largest absolute Gasteiger partial charge is 0.268 e. The summed E-state index contributed by atoms with van der Waals surface area (Å²) in [7, 11) is 0. The number of benzene rings is 7. The van der Waals surface area contributed by atoms with E-state index in [9.17, 15) is 19.2 Å². The molecule has 0 saturated heterocycles. The van der Waals surface area contributed by atoms with E-state index in [0.29, 0.717) is 56.2 Å². The number of carbonyl (C=O) groups excluding carboxylic acids is 4. The van der Waals surface area contributed by atoms with Crippen molar-refractivity contribution >= 4 is 78.1 Å². The van der Waals surface area contributed by atoms with Crippen molar-refractivity contribution in [1.29, 1.82) is 0 Å². The number of carbonyl (C=O) groups is 4. The summed E-state index contributed by atoms with van der Waals surface area (Å²) >= 11 is 0. The van der Waals surface area contributed by atoms with Gasteiger partial charge in [0.25, 0.3) is 23.6 Å². The number of nitrogens with zero attached hydrogens (tertiary/aromatic N) is 2. The lowest BCUT2D eigenvalue weighted by atomic mass is 9.82. The van der Waals surface area contributed by atoms with Gasteiger partial charge in [-0.1, -0.05) is 76.2 Å². The summed E-state index contributed by atoms with van der Waals surface area (Å²) in [5.74, 6) is -0.812. The molecule has 0 fully saturated rings. The van der Waals surface area contributed by atoms with Crippen LogP contribution in [-0.4, -0.2) is 23.6 Å². The van der Waals surface area contributed by atoms with E-state index in [1.165, 1.54) is 9.80 Å². The van der Waals surface area contributed by atoms with Crippen LogP contribution < -0.4 is 9.80 Å². The Balaban J connectivity index is 1.24. The first kappa shape index (κ1) is 30.2. The zero-order valence-corrected chi connectivity index (χ0v) is 28.3. The smallest absolute Gasteiger partial charge is 0.265 e. The Hall–Kier alpha value is -5.88. The Morgan fingerprint density at radius 1 is 0.440 bits per heavy atom. The van der Waals surface area contributed by atoms with Crippen LogP contribution in [0.2, 0.25) is 0 Å². The first-order valence-corrected chi connectivity index (χ1v) is 17.4. The second kappa shape index (κ2) is 10.8. The zero-order valence-electron chi connectivity index (χ0n) is 28.3. The van der Waals surface area contributed by atoms with Gasteiger partial charge in [0.1, 0.15) is 0 Å². The van der Waals surface area contributed by atoms with Crippen molar-refractivity contribution in [2.45, 2.75) is 52.4 Å². The number of fused-ring (bicyclic) bond motifs is 2. The minimum Gasteiger partial charge on any atom is -0.268 e. The van der Waals surface area contributed by atoms with Gasteiger partial charge in [0, 0.05) is 33.0 Å². The van der Waals surface area contributed by atoms with Crippen LogP contribution in [0.3, 0.4) is 0 Å². The molecule has 0 bridgehead atoms. The molecule has 2 unspecified atom stereocenters. The fourth-order valence-electron chi connectivity index (χ4n) is 8.15. The third-order valence-electron chi connectivity index (χ3n) is 11.3. The third kappa shape index (κ3) is 3.96. The molecule has 7 aromatic carbocycles. The molecule has 0 N–H and O–H groups in total. The van der Waals surface area contributed by atoms with Crippen LogP contribution in [-0.2, 0) is 0 Å². The van der Waals surface area contributed by atoms with E-state index in [0.717, 1.165) is 56.3 Å². The van der Waals surface area contributed by atoms with E-state index < -0.39 is 0 Å². The average molecular weight is 655 g/mol. The van der Waals surface area contributed by atoms with Crippen LogP contribution >= 0.6 is 0 Å². The van der Waals surface area contributed by atoms with E-state index in [1.54, 1.807) is 0 Å². The van der Waals surface area contributed by atoms with Crippen LogP contribution in [0, 0.1) is 0 Å². The van der Waals surface area contributed by atoms with E-state index in [1.807, 2.05) is 97.1 Å². The third-order valence-corrected chi connectivity index (χ3v) is 11.3. The molecular weight excluding hydrogens is 620 g/mol. The van der Waals surface area contributed by atoms with Gasteiger partial charge in [-0.2, -0.15) is 0 Å². The predicted octanol–water partition coefficient (Wildman–Crippen LogP) is 10.4. The van der Waals surface area contributed by atoms with Crippen LogP contribution in [0.15, 0.2) is 97.1 Å². The summed E-state index contributed by atoms with van der Waals surface area (Å²) in [6, 6.07) is 30.4. The minimum absolute atomic E-state index is 0.294. The molecule has 2 heterocycles. The summed E-state index contributed by atoms with van der Waals surface area (Å²) in [4.78, 5) is 59.3. The second-order valence-corrected chi connectivity index (χ2v) is 13.8. The highest BCUT2D eigenvalue weighted by Gasteiger charge is 2.38. The topological polar surface area (TPSA) is 74.8 Å². The Labute approximate surface area is 289 Å². The Morgan fingerprint density at radius 3 is 1.06 bits per heavy atom. The molecule has 0 saturated carbocycles. The number of imide groups is 2. The quantitative estimate of drug-likeness (QED) is 0.102. The molecule has 7 aromatic rings. The molecule has 2 aliphatic heterocycles. The van der Waals surface area contributed by atoms with Gasteiger partial charge in [-0.3, -0.25) is 19.2 Å². The Kier molecular flexibility index (Phi) is 6.53. The molecule has 4 amide bonds. The summed E-state index contributed by atoms with van der Waals surface area (Å²) < 4.78 is 0. The van der Waals surface area contributed by atoms with Crippen molar-refractivity contribution in [3.05, 3.63) is 130 Å². The van der Waals surface area contributed by atoms with Crippen LogP contribution in [0.4, 0.5) is 11.4 Å². The molecule has 244 valence electrons. The van der Waals surface area contributed by atoms with Crippen molar-refractivity contribution in [3.8, 4) is 0 Å². The monoisotopic (exact) mass is 654 g/mol. The number of rotatable bonds is 6. The van der Waals surface area contributed by atoms with Crippen LogP contribution in [0.25, 0.3) is 43.1 Å². The highest BCUT2D eigenvalue weighted by atomic mass is 16.2. The molecule has 2 aliphatic rings.